The van der Waals surface area contributed by atoms with E-state index in [0.717, 1.165) is 37.5 Å². The summed E-state index contributed by atoms with van der Waals surface area (Å²) < 4.78 is 17.2. The molecule has 2 aliphatic rings. The summed E-state index contributed by atoms with van der Waals surface area (Å²) in [6, 6.07) is 9.00. The van der Waals surface area contributed by atoms with Crippen LogP contribution in [-0.2, 0) is 9.47 Å². The first-order valence-electron chi connectivity index (χ1n) is 9.96. The Morgan fingerprint density at radius 2 is 1.83 bits per heavy atom. The number of ether oxygens (including phenoxy) is 3. The number of carbonyl (C=O) groups excluding carboxylic acids is 1. The number of hydrogen-bond donors (Lipinski definition) is 1. The number of piperidine rings is 1. The van der Waals surface area contributed by atoms with E-state index >= 15 is 0 Å². The fraction of sp³-hybridized carbons (Fsp3) is 0.476. The standard InChI is InChI=1S/C21H26N4O4/c1-15(2)29-17-5-3-16(4-6-17)24-20(26)18-13-19(23-14-22-18)25-9-7-21(8-10-25)27-11-12-28-21/h3-6,13-15H,7-12H2,1-2H3,(H,24,26). The van der Waals surface area contributed by atoms with Gasteiger partial charge in [-0.3, -0.25) is 4.79 Å². The van der Waals surface area contributed by atoms with Gasteiger partial charge in [-0.15, -0.1) is 0 Å². The van der Waals surface area contributed by atoms with Crippen LogP contribution in [0.3, 0.4) is 0 Å². The van der Waals surface area contributed by atoms with E-state index in [2.05, 4.69) is 20.2 Å². The monoisotopic (exact) mass is 398 g/mol. The van der Waals surface area contributed by atoms with Gasteiger partial charge in [-0.2, -0.15) is 0 Å². The highest BCUT2D eigenvalue weighted by Gasteiger charge is 2.40. The summed E-state index contributed by atoms with van der Waals surface area (Å²) in [6.07, 6.45) is 3.09. The Bertz CT molecular complexity index is 840. The minimum atomic E-state index is -0.435. The summed E-state index contributed by atoms with van der Waals surface area (Å²) in [7, 11) is 0. The summed E-state index contributed by atoms with van der Waals surface area (Å²) in [6.45, 7) is 6.77. The molecule has 2 fully saturated rings. The first-order chi connectivity index (χ1) is 14.0. The molecular formula is C21H26N4O4. The van der Waals surface area contributed by atoms with Crippen LogP contribution in [0.1, 0.15) is 37.2 Å². The lowest BCUT2D eigenvalue weighted by molar-refractivity contribution is -0.169. The van der Waals surface area contributed by atoms with Gasteiger partial charge in [-0.05, 0) is 38.1 Å². The molecule has 1 aromatic heterocycles. The molecule has 0 atom stereocenters. The van der Waals surface area contributed by atoms with Gasteiger partial charge in [0.25, 0.3) is 5.91 Å². The maximum Gasteiger partial charge on any atom is 0.274 e. The van der Waals surface area contributed by atoms with E-state index in [1.165, 1.54) is 6.33 Å². The number of aromatic nitrogens is 2. The van der Waals surface area contributed by atoms with E-state index in [4.69, 9.17) is 14.2 Å². The van der Waals surface area contributed by atoms with E-state index in [1.54, 1.807) is 6.07 Å². The van der Waals surface area contributed by atoms with E-state index < -0.39 is 5.79 Å². The molecule has 0 aliphatic carbocycles. The molecule has 2 saturated heterocycles. The molecule has 8 heteroatoms. The van der Waals surface area contributed by atoms with Gasteiger partial charge in [0.1, 0.15) is 23.6 Å². The molecule has 0 unspecified atom stereocenters. The average molecular weight is 398 g/mol. The Morgan fingerprint density at radius 1 is 1.14 bits per heavy atom. The number of hydrogen-bond acceptors (Lipinski definition) is 7. The van der Waals surface area contributed by atoms with E-state index in [9.17, 15) is 4.79 Å². The zero-order valence-corrected chi connectivity index (χ0v) is 16.8. The number of amides is 1. The minimum Gasteiger partial charge on any atom is -0.491 e. The van der Waals surface area contributed by atoms with Gasteiger partial charge < -0.3 is 24.4 Å². The molecule has 0 bridgehead atoms. The van der Waals surface area contributed by atoms with Gasteiger partial charge in [0.05, 0.1) is 19.3 Å². The predicted octanol–water partition coefficient (Wildman–Crippen LogP) is 2.86. The Hall–Kier alpha value is -2.71. The molecular weight excluding hydrogens is 372 g/mol. The van der Waals surface area contributed by atoms with E-state index in [0.29, 0.717) is 24.6 Å². The number of nitrogens with one attached hydrogen (secondary N) is 1. The molecule has 1 N–H and O–H groups in total. The Kier molecular flexibility index (Phi) is 5.64. The topological polar surface area (TPSA) is 85.8 Å². The Labute approximate surface area is 170 Å². The van der Waals surface area contributed by atoms with Crippen molar-refractivity contribution in [2.45, 2.75) is 38.6 Å². The molecule has 154 valence electrons. The van der Waals surface area contributed by atoms with Crippen LogP contribution in [0.25, 0.3) is 0 Å². The maximum absolute atomic E-state index is 12.6. The summed E-state index contributed by atoms with van der Waals surface area (Å²) >= 11 is 0. The first kappa shape index (κ1) is 19.6. The lowest BCUT2D eigenvalue weighted by Gasteiger charge is -2.38. The molecule has 0 saturated carbocycles. The van der Waals surface area contributed by atoms with Crippen molar-refractivity contribution >= 4 is 17.4 Å². The highest BCUT2D eigenvalue weighted by Crippen LogP contribution is 2.32. The number of carbonyl (C=O) groups is 1. The summed E-state index contributed by atoms with van der Waals surface area (Å²) in [5.41, 5.74) is 1.01. The van der Waals surface area contributed by atoms with Crippen LogP contribution >= 0.6 is 0 Å². The molecule has 8 nitrogen and oxygen atoms in total. The molecule has 2 aliphatic heterocycles. The van der Waals surface area contributed by atoms with Crippen LogP contribution in [0.2, 0.25) is 0 Å². The molecule has 1 spiro atoms. The summed E-state index contributed by atoms with van der Waals surface area (Å²) in [4.78, 5) is 23.2. The highest BCUT2D eigenvalue weighted by atomic mass is 16.7. The van der Waals surface area contributed by atoms with Crippen molar-refractivity contribution < 1.29 is 19.0 Å². The molecule has 1 aromatic carbocycles. The zero-order valence-electron chi connectivity index (χ0n) is 16.8. The van der Waals surface area contributed by atoms with Crippen molar-refractivity contribution in [2.24, 2.45) is 0 Å². The summed E-state index contributed by atoms with van der Waals surface area (Å²) in [5, 5.41) is 2.87. The average Bonchev–Trinajstić information content (AvgIpc) is 3.18. The van der Waals surface area contributed by atoms with E-state index in [1.807, 2.05) is 38.1 Å². The van der Waals surface area contributed by atoms with Crippen LogP contribution < -0.4 is 15.0 Å². The number of rotatable bonds is 5. The lowest BCUT2D eigenvalue weighted by atomic mass is 10.0. The van der Waals surface area contributed by atoms with Crippen LogP contribution in [0, 0.1) is 0 Å². The van der Waals surface area contributed by atoms with Crippen LogP contribution in [0.5, 0.6) is 5.75 Å². The second kappa shape index (κ2) is 8.34. The van der Waals surface area contributed by atoms with Crippen molar-refractivity contribution in [3.63, 3.8) is 0 Å². The lowest BCUT2D eigenvalue weighted by Crippen LogP contribution is -2.45. The van der Waals surface area contributed by atoms with E-state index in [-0.39, 0.29) is 12.0 Å². The highest BCUT2D eigenvalue weighted by molar-refractivity contribution is 6.03. The minimum absolute atomic E-state index is 0.103. The molecule has 0 radical (unpaired) electrons. The van der Waals surface area contributed by atoms with Gasteiger partial charge in [0.2, 0.25) is 0 Å². The third-order valence-corrected chi connectivity index (χ3v) is 5.03. The fourth-order valence-electron chi connectivity index (χ4n) is 3.59. The maximum atomic E-state index is 12.6. The third kappa shape index (κ3) is 4.65. The predicted molar refractivity (Wildman–Crippen MR) is 108 cm³/mol. The second-order valence-corrected chi connectivity index (χ2v) is 7.50. The van der Waals surface area contributed by atoms with Crippen molar-refractivity contribution in [2.75, 3.05) is 36.5 Å². The SMILES string of the molecule is CC(C)Oc1ccc(NC(=O)c2cc(N3CCC4(CC3)OCCO4)ncn2)cc1. The van der Waals surface area contributed by atoms with Crippen LogP contribution in [-0.4, -0.2) is 54.1 Å². The fourth-order valence-corrected chi connectivity index (χ4v) is 3.59. The van der Waals surface area contributed by atoms with Crippen molar-refractivity contribution in [3.05, 3.63) is 42.4 Å². The van der Waals surface area contributed by atoms with Gasteiger partial charge in [-0.1, -0.05) is 0 Å². The number of benzene rings is 1. The van der Waals surface area contributed by atoms with Gasteiger partial charge >= 0.3 is 0 Å². The van der Waals surface area contributed by atoms with Crippen LogP contribution in [0.15, 0.2) is 36.7 Å². The molecule has 1 amide bonds. The van der Waals surface area contributed by atoms with Crippen molar-refractivity contribution in [1.82, 2.24) is 9.97 Å². The van der Waals surface area contributed by atoms with Crippen molar-refractivity contribution in [3.8, 4) is 5.75 Å². The molecule has 29 heavy (non-hydrogen) atoms. The summed E-state index contributed by atoms with van der Waals surface area (Å²) in [5.74, 6) is 0.788. The Morgan fingerprint density at radius 3 is 2.48 bits per heavy atom. The van der Waals surface area contributed by atoms with Gasteiger partial charge in [0.15, 0.2) is 5.79 Å². The largest absolute Gasteiger partial charge is 0.491 e. The third-order valence-electron chi connectivity index (χ3n) is 5.03. The second-order valence-electron chi connectivity index (χ2n) is 7.50. The first-order valence-corrected chi connectivity index (χ1v) is 9.96. The normalized spacial score (nSPS) is 18.2. The molecule has 2 aromatic rings. The van der Waals surface area contributed by atoms with Crippen molar-refractivity contribution in [1.29, 1.82) is 0 Å². The number of anilines is 2. The Balaban J connectivity index is 1.38. The molecule has 3 heterocycles. The smallest absolute Gasteiger partial charge is 0.274 e. The van der Waals surface area contributed by atoms with Gasteiger partial charge in [0, 0.05) is 37.7 Å². The van der Waals surface area contributed by atoms with Gasteiger partial charge in [-0.25, -0.2) is 9.97 Å². The number of nitrogens with zero attached hydrogens (tertiary/aromatic N) is 3. The zero-order chi connectivity index (χ0) is 20.3. The quantitative estimate of drug-likeness (QED) is 0.829. The van der Waals surface area contributed by atoms with Crippen LogP contribution in [0.4, 0.5) is 11.5 Å². The molecule has 4 rings (SSSR count).